The van der Waals surface area contributed by atoms with Crippen LogP contribution < -0.4 is 10.5 Å². The van der Waals surface area contributed by atoms with Crippen LogP contribution in [0.4, 0.5) is 13.2 Å². The van der Waals surface area contributed by atoms with Crippen molar-refractivity contribution in [3.05, 3.63) is 47.5 Å². The van der Waals surface area contributed by atoms with Crippen molar-refractivity contribution in [2.75, 3.05) is 0 Å². The second-order valence-corrected chi connectivity index (χ2v) is 4.97. The first kappa shape index (κ1) is 16.4. The Morgan fingerprint density at radius 3 is 2.56 bits per heavy atom. The third-order valence-corrected chi connectivity index (χ3v) is 3.28. The number of carbonyl (C=O) groups excluding carboxylic acids is 2. The summed E-state index contributed by atoms with van der Waals surface area (Å²) in [5.74, 6) is -5.90. The van der Waals surface area contributed by atoms with Gasteiger partial charge in [0.25, 0.3) is 5.91 Å². The van der Waals surface area contributed by atoms with Crippen molar-refractivity contribution < 1.29 is 27.5 Å². The Morgan fingerprint density at radius 1 is 1.20 bits per heavy atom. The van der Waals surface area contributed by atoms with Crippen LogP contribution in [0.3, 0.4) is 0 Å². The zero-order valence-corrected chi connectivity index (χ0v) is 12.6. The van der Waals surface area contributed by atoms with E-state index in [2.05, 4.69) is 10.1 Å². The van der Waals surface area contributed by atoms with Crippen molar-refractivity contribution in [1.29, 1.82) is 0 Å². The highest BCUT2D eigenvalue weighted by Gasteiger charge is 2.24. The molecule has 7 nitrogen and oxygen atoms in total. The number of benzene rings is 1. The largest absolute Gasteiger partial charge is 0.426 e. The third-order valence-electron chi connectivity index (χ3n) is 3.28. The van der Waals surface area contributed by atoms with Crippen LogP contribution in [0.25, 0.3) is 16.9 Å². The normalized spacial score (nSPS) is 10.9. The monoisotopic (exact) mass is 350 g/mol. The van der Waals surface area contributed by atoms with Crippen LogP contribution in [0.15, 0.2) is 24.5 Å². The minimum atomic E-state index is -1.42. The predicted octanol–water partition coefficient (Wildman–Crippen LogP) is 1.84. The van der Waals surface area contributed by atoms with E-state index in [1.807, 2.05) is 0 Å². The number of esters is 1. The lowest BCUT2D eigenvalue weighted by Gasteiger charge is -2.12. The highest BCUT2D eigenvalue weighted by Crippen LogP contribution is 2.32. The molecule has 2 heterocycles. The molecule has 10 heteroatoms. The summed E-state index contributed by atoms with van der Waals surface area (Å²) in [7, 11) is 0. The molecule has 25 heavy (non-hydrogen) atoms. The summed E-state index contributed by atoms with van der Waals surface area (Å²) >= 11 is 0. The first-order valence-corrected chi connectivity index (χ1v) is 6.79. The molecule has 1 amide bonds. The topological polar surface area (TPSA) is 99.6 Å². The molecule has 0 aliphatic rings. The molecule has 0 unspecified atom stereocenters. The van der Waals surface area contributed by atoms with Gasteiger partial charge in [0.15, 0.2) is 17.3 Å². The lowest BCUT2D eigenvalue weighted by molar-refractivity contribution is -0.131. The van der Waals surface area contributed by atoms with Crippen molar-refractivity contribution in [2.24, 2.45) is 5.73 Å². The predicted molar refractivity (Wildman–Crippen MR) is 78.1 cm³/mol. The average molecular weight is 350 g/mol. The smallest absolute Gasteiger partial charge is 0.308 e. The van der Waals surface area contributed by atoms with E-state index in [9.17, 15) is 22.8 Å². The number of aromatic nitrogens is 3. The maximum absolute atomic E-state index is 14.2. The fourth-order valence-corrected chi connectivity index (χ4v) is 2.36. The number of primary amides is 1. The number of nitrogens with zero attached hydrogens (tertiary/aromatic N) is 3. The second-order valence-electron chi connectivity index (χ2n) is 4.97. The fourth-order valence-electron chi connectivity index (χ4n) is 2.36. The van der Waals surface area contributed by atoms with Crippen LogP contribution in [0.5, 0.6) is 5.75 Å². The number of amides is 1. The zero-order chi connectivity index (χ0) is 18.3. The lowest BCUT2D eigenvalue weighted by Crippen LogP contribution is -2.17. The van der Waals surface area contributed by atoms with Gasteiger partial charge in [0.05, 0.1) is 5.69 Å². The molecule has 2 aromatic heterocycles. The fraction of sp³-hybridized carbons (Fsp3) is 0.0667. The summed E-state index contributed by atoms with van der Waals surface area (Å²) in [5.41, 5.74) is 4.14. The van der Waals surface area contributed by atoms with Gasteiger partial charge in [-0.1, -0.05) is 0 Å². The summed E-state index contributed by atoms with van der Waals surface area (Å²) in [6, 6.07) is 2.14. The first-order chi connectivity index (χ1) is 11.8. The molecule has 0 radical (unpaired) electrons. The average Bonchev–Trinajstić information content (AvgIpc) is 2.98. The number of halogens is 3. The van der Waals surface area contributed by atoms with Crippen molar-refractivity contribution in [3.8, 4) is 17.0 Å². The van der Waals surface area contributed by atoms with Gasteiger partial charge in [0, 0.05) is 24.6 Å². The molecular weight excluding hydrogens is 341 g/mol. The molecular formula is C15H9F3N4O3. The van der Waals surface area contributed by atoms with E-state index >= 15 is 0 Å². The minimum absolute atomic E-state index is 0.162. The van der Waals surface area contributed by atoms with Gasteiger partial charge in [-0.25, -0.2) is 22.7 Å². The first-order valence-electron chi connectivity index (χ1n) is 6.79. The molecule has 0 atom stereocenters. The number of hydrogen-bond acceptors (Lipinski definition) is 5. The van der Waals surface area contributed by atoms with Crippen LogP contribution in [0.1, 0.15) is 17.3 Å². The van der Waals surface area contributed by atoms with Crippen molar-refractivity contribution in [1.82, 2.24) is 14.6 Å². The number of nitrogens with two attached hydrogens (primary N) is 1. The molecule has 2 N–H and O–H groups in total. The Balaban J connectivity index is 2.41. The Hall–Kier alpha value is -3.43. The molecule has 0 bridgehead atoms. The van der Waals surface area contributed by atoms with Gasteiger partial charge in [-0.2, -0.15) is 5.10 Å². The summed E-state index contributed by atoms with van der Waals surface area (Å²) < 4.78 is 47.1. The number of hydrogen-bond donors (Lipinski definition) is 1. The molecule has 0 spiro atoms. The van der Waals surface area contributed by atoms with E-state index in [4.69, 9.17) is 10.5 Å². The standard InChI is InChI=1S/C15H9F3N4O3/c1-6(23)25-11-4-10(8-2-7(16)3-9(17)13(8)18)22-15(20-5-21-22)12(11)14(19)24/h2-5H,1H3,(H2,19,24). The van der Waals surface area contributed by atoms with Crippen molar-refractivity contribution in [3.63, 3.8) is 0 Å². The van der Waals surface area contributed by atoms with Crippen LogP contribution in [-0.2, 0) is 4.79 Å². The molecule has 0 fully saturated rings. The number of rotatable bonds is 3. The molecule has 0 aliphatic carbocycles. The molecule has 1 aromatic carbocycles. The Morgan fingerprint density at radius 2 is 1.92 bits per heavy atom. The van der Waals surface area contributed by atoms with E-state index < -0.39 is 34.9 Å². The van der Waals surface area contributed by atoms with Gasteiger partial charge < -0.3 is 10.5 Å². The molecule has 3 rings (SSSR count). The summed E-state index contributed by atoms with van der Waals surface area (Å²) in [6.45, 7) is 1.07. The van der Waals surface area contributed by atoms with Crippen LogP contribution in [-0.4, -0.2) is 26.5 Å². The SMILES string of the molecule is CC(=O)Oc1cc(-c2cc(F)cc(F)c2F)n2ncnc2c1C(N)=O. The van der Waals surface area contributed by atoms with Gasteiger partial charge in [-0.15, -0.1) is 0 Å². The third kappa shape index (κ3) is 2.77. The maximum Gasteiger partial charge on any atom is 0.308 e. The molecule has 128 valence electrons. The second kappa shape index (κ2) is 5.89. The van der Waals surface area contributed by atoms with Crippen LogP contribution in [0, 0.1) is 17.5 Å². The maximum atomic E-state index is 14.2. The highest BCUT2D eigenvalue weighted by molar-refractivity contribution is 6.02. The van der Waals surface area contributed by atoms with Crippen LogP contribution >= 0.6 is 0 Å². The van der Waals surface area contributed by atoms with Gasteiger partial charge >= 0.3 is 5.97 Å². The van der Waals surface area contributed by atoms with E-state index in [0.717, 1.165) is 29.9 Å². The van der Waals surface area contributed by atoms with Crippen molar-refractivity contribution in [2.45, 2.75) is 6.92 Å². The summed E-state index contributed by atoms with van der Waals surface area (Å²) in [6.07, 6.45) is 1.02. The molecule has 0 saturated heterocycles. The van der Waals surface area contributed by atoms with E-state index in [-0.39, 0.29) is 22.7 Å². The number of ether oxygens (including phenoxy) is 1. The lowest BCUT2D eigenvalue weighted by atomic mass is 10.1. The van der Waals surface area contributed by atoms with E-state index in [0.29, 0.717) is 6.07 Å². The van der Waals surface area contributed by atoms with Gasteiger partial charge in [0.2, 0.25) is 0 Å². The van der Waals surface area contributed by atoms with Gasteiger partial charge in [-0.3, -0.25) is 9.59 Å². The zero-order valence-electron chi connectivity index (χ0n) is 12.6. The highest BCUT2D eigenvalue weighted by atomic mass is 19.2. The van der Waals surface area contributed by atoms with Crippen molar-refractivity contribution >= 4 is 17.5 Å². The summed E-state index contributed by atoms with van der Waals surface area (Å²) in [5, 5.41) is 3.80. The minimum Gasteiger partial charge on any atom is -0.426 e. The molecule has 3 aromatic rings. The Labute approximate surface area is 137 Å². The molecule has 0 aliphatic heterocycles. The molecule has 0 saturated carbocycles. The Bertz CT molecular complexity index is 1030. The number of pyridine rings is 1. The summed E-state index contributed by atoms with van der Waals surface area (Å²) in [4.78, 5) is 26.8. The van der Waals surface area contributed by atoms with E-state index in [1.54, 1.807) is 0 Å². The van der Waals surface area contributed by atoms with E-state index in [1.165, 1.54) is 0 Å². The van der Waals surface area contributed by atoms with Gasteiger partial charge in [-0.05, 0) is 6.07 Å². The van der Waals surface area contributed by atoms with Gasteiger partial charge in [0.1, 0.15) is 23.5 Å². The van der Waals surface area contributed by atoms with Crippen LogP contribution in [0.2, 0.25) is 0 Å². The number of carbonyl (C=O) groups is 2. The quantitative estimate of drug-likeness (QED) is 0.574. The Kier molecular flexibility index (Phi) is 3.87. The number of fused-ring (bicyclic) bond motifs is 1.